The maximum absolute atomic E-state index is 10.8. The van der Waals surface area contributed by atoms with E-state index >= 15 is 0 Å². The third kappa shape index (κ3) is 2.41. The fourth-order valence-corrected chi connectivity index (χ4v) is 3.05. The molecule has 0 fully saturated rings. The van der Waals surface area contributed by atoms with Gasteiger partial charge in [0.25, 0.3) is 5.69 Å². The SMILES string of the molecule is O=[N+]([O-])c1ccc(C2=CC3C=Cc4ccccc4N3NC2)cc1. The minimum Gasteiger partial charge on any atom is -0.297 e. The van der Waals surface area contributed by atoms with Crippen molar-refractivity contribution in [1.29, 1.82) is 0 Å². The van der Waals surface area contributed by atoms with E-state index in [1.807, 2.05) is 24.3 Å². The maximum atomic E-state index is 10.8. The Morgan fingerprint density at radius 1 is 1.13 bits per heavy atom. The predicted octanol–water partition coefficient (Wildman–Crippen LogP) is 3.40. The molecule has 0 amide bonds. The zero-order valence-electron chi connectivity index (χ0n) is 12.3. The summed E-state index contributed by atoms with van der Waals surface area (Å²) >= 11 is 0. The van der Waals surface area contributed by atoms with Gasteiger partial charge >= 0.3 is 0 Å². The number of nitrogens with one attached hydrogen (secondary N) is 1. The number of non-ortho nitro benzene ring substituents is 1. The number of fused-ring (bicyclic) bond motifs is 3. The van der Waals surface area contributed by atoms with Crippen LogP contribution in [0.15, 0.2) is 60.7 Å². The molecule has 2 heterocycles. The number of para-hydroxylation sites is 1. The summed E-state index contributed by atoms with van der Waals surface area (Å²) in [4.78, 5) is 10.4. The summed E-state index contributed by atoms with van der Waals surface area (Å²) in [5.41, 5.74) is 8.08. The minimum atomic E-state index is -0.375. The van der Waals surface area contributed by atoms with Crippen molar-refractivity contribution in [2.45, 2.75) is 6.04 Å². The first-order valence-electron chi connectivity index (χ1n) is 7.48. The lowest BCUT2D eigenvalue weighted by atomic mass is 9.97. The van der Waals surface area contributed by atoms with Crippen LogP contribution in [0.2, 0.25) is 0 Å². The number of benzene rings is 2. The van der Waals surface area contributed by atoms with Crippen LogP contribution in [-0.4, -0.2) is 17.5 Å². The Bertz CT molecular complexity index is 824. The van der Waals surface area contributed by atoms with Gasteiger partial charge in [-0.15, -0.1) is 0 Å². The van der Waals surface area contributed by atoms with E-state index in [-0.39, 0.29) is 16.7 Å². The summed E-state index contributed by atoms with van der Waals surface area (Å²) in [6, 6.07) is 15.1. The molecule has 2 aromatic carbocycles. The number of hydrogen-bond donors (Lipinski definition) is 1. The second-order valence-electron chi connectivity index (χ2n) is 5.61. The zero-order chi connectivity index (χ0) is 15.8. The molecule has 0 spiro atoms. The highest BCUT2D eigenvalue weighted by molar-refractivity contribution is 5.77. The molecule has 1 atom stereocenters. The largest absolute Gasteiger partial charge is 0.297 e. The third-order valence-electron chi connectivity index (χ3n) is 4.23. The third-order valence-corrected chi connectivity index (χ3v) is 4.23. The fraction of sp³-hybridized carbons (Fsp3) is 0.111. The van der Waals surface area contributed by atoms with E-state index in [0.717, 1.165) is 11.1 Å². The van der Waals surface area contributed by atoms with Crippen LogP contribution in [0.5, 0.6) is 0 Å². The summed E-state index contributed by atoms with van der Waals surface area (Å²) in [6.45, 7) is 0.691. The number of rotatable bonds is 2. The van der Waals surface area contributed by atoms with E-state index in [4.69, 9.17) is 0 Å². The average Bonchev–Trinajstić information content (AvgIpc) is 2.61. The van der Waals surface area contributed by atoms with Crippen molar-refractivity contribution >= 4 is 23.0 Å². The van der Waals surface area contributed by atoms with Gasteiger partial charge in [-0.1, -0.05) is 36.4 Å². The highest BCUT2D eigenvalue weighted by Crippen LogP contribution is 2.31. The molecule has 4 rings (SSSR count). The van der Waals surface area contributed by atoms with Crippen LogP contribution >= 0.6 is 0 Å². The van der Waals surface area contributed by atoms with Crippen molar-refractivity contribution in [1.82, 2.24) is 5.43 Å². The first-order valence-corrected chi connectivity index (χ1v) is 7.48. The molecule has 0 saturated heterocycles. The van der Waals surface area contributed by atoms with Gasteiger partial charge in [-0.05, 0) is 34.9 Å². The van der Waals surface area contributed by atoms with Crippen molar-refractivity contribution in [3.05, 3.63) is 81.9 Å². The molecule has 2 aliphatic rings. The molecule has 0 radical (unpaired) electrons. The number of anilines is 1. The van der Waals surface area contributed by atoms with E-state index in [2.05, 4.69) is 40.8 Å². The Hall–Kier alpha value is -2.92. The van der Waals surface area contributed by atoms with Gasteiger partial charge in [0.15, 0.2) is 0 Å². The number of nitro groups is 1. The van der Waals surface area contributed by atoms with Crippen LogP contribution in [0, 0.1) is 10.1 Å². The van der Waals surface area contributed by atoms with Gasteiger partial charge in [-0.3, -0.25) is 15.1 Å². The first kappa shape index (κ1) is 13.7. The summed E-state index contributed by atoms with van der Waals surface area (Å²) in [5.74, 6) is 0. The molecule has 1 N–H and O–H groups in total. The van der Waals surface area contributed by atoms with Crippen molar-refractivity contribution in [3.8, 4) is 0 Å². The summed E-state index contributed by atoms with van der Waals surface area (Å²) in [6.07, 6.45) is 6.48. The molecule has 114 valence electrons. The molecule has 1 unspecified atom stereocenters. The van der Waals surface area contributed by atoms with Crippen molar-refractivity contribution in [2.75, 3.05) is 11.6 Å². The molecule has 0 saturated carbocycles. The monoisotopic (exact) mass is 305 g/mol. The van der Waals surface area contributed by atoms with E-state index in [1.165, 1.54) is 11.3 Å². The second-order valence-corrected chi connectivity index (χ2v) is 5.61. The average molecular weight is 305 g/mol. The number of hydrogen-bond acceptors (Lipinski definition) is 4. The Morgan fingerprint density at radius 2 is 1.91 bits per heavy atom. The Labute approximate surface area is 133 Å². The molecule has 2 aliphatic heterocycles. The standard InChI is InChI=1S/C18H15N3O2/c22-21(23)16-8-5-13(6-9-16)15-11-17-10-7-14-3-1-2-4-18(14)20(17)19-12-15/h1-11,17,19H,12H2. The van der Waals surface area contributed by atoms with Crippen LogP contribution in [0.3, 0.4) is 0 Å². The normalized spacial score (nSPS) is 18.9. The summed E-state index contributed by atoms with van der Waals surface area (Å²) < 4.78 is 0. The number of nitro benzene ring substituents is 1. The lowest BCUT2D eigenvalue weighted by Gasteiger charge is -2.38. The van der Waals surface area contributed by atoms with Gasteiger partial charge in [-0.2, -0.15) is 0 Å². The quantitative estimate of drug-likeness (QED) is 0.682. The highest BCUT2D eigenvalue weighted by Gasteiger charge is 2.25. The van der Waals surface area contributed by atoms with Crippen LogP contribution in [0.1, 0.15) is 11.1 Å². The topological polar surface area (TPSA) is 58.4 Å². The highest BCUT2D eigenvalue weighted by atomic mass is 16.6. The molecular formula is C18H15N3O2. The minimum absolute atomic E-state index is 0.117. The van der Waals surface area contributed by atoms with Crippen molar-refractivity contribution in [3.63, 3.8) is 0 Å². The number of hydrazine groups is 1. The van der Waals surface area contributed by atoms with Crippen LogP contribution in [-0.2, 0) is 0 Å². The van der Waals surface area contributed by atoms with Crippen molar-refractivity contribution in [2.24, 2.45) is 0 Å². The molecule has 0 bridgehead atoms. The van der Waals surface area contributed by atoms with E-state index in [1.54, 1.807) is 12.1 Å². The first-order chi connectivity index (χ1) is 11.2. The Balaban J connectivity index is 1.65. The van der Waals surface area contributed by atoms with E-state index < -0.39 is 0 Å². The van der Waals surface area contributed by atoms with Gasteiger partial charge in [-0.25, -0.2) is 5.43 Å². The van der Waals surface area contributed by atoms with Gasteiger partial charge in [0.1, 0.15) is 0 Å². The Morgan fingerprint density at radius 3 is 2.70 bits per heavy atom. The van der Waals surface area contributed by atoms with E-state index in [9.17, 15) is 10.1 Å². The van der Waals surface area contributed by atoms with Gasteiger partial charge in [0, 0.05) is 18.7 Å². The van der Waals surface area contributed by atoms with E-state index in [0.29, 0.717) is 6.54 Å². The van der Waals surface area contributed by atoms with Gasteiger partial charge < -0.3 is 0 Å². The van der Waals surface area contributed by atoms with Crippen molar-refractivity contribution < 1.29 is 4.92 Å². The second kappa shape index (κ2) is 5.37. The van der Waals surface area contributed by atoms with Crippen LogP contribution < -0.4 is 10.4 Å². The molecule has 2 aromatic rings. The molecule has 5 heteroatoms. The maximum Gasteiger partial charge on any atom is 0.269 e. The van der Waals surface area contributed by atoms with Crippen LogP contribution in [0.4, 0.5) is 11.4 Å². The van der Waals surface area contributed by atoms with Gasteiger partial charge in [0.05, 0.1) is 16.7 Å². The molecule has 23 heavy (non-hydrogen) atoms. The molecular weight excluding hydrogens is 290 g/mol. The predicted molar refractivity (Wildman–Crippen MR) is 90.8 cm³/mol. The molecule has 0 aromatic heterocycles. The Kier molecular flexibility index (Phi) is 3.20. The lowest BCUT2D eigenvalue weighted by molar-refractivity contribution is -0.384. The zero-order valence-corrected chi connectivity index (χ0v) is 12.3. The molecule has 0 aliphatic carbocycles. The van der Waals surface area contributed by atoms with Crippen LogP contribution in [0.25, 0.3) is 11.6 Å². The smallest absolute Gasteiger partial charge is 0.269 e. The number of nitrogens with zero attached hydrogens (tertiary/aromatic N) is 2. The van der Waals surface area contributed by atoms with Gasteiger partial charge in [0.2, 0.25) is 0 Å². The summed E-state index contributed by atoms with van der Waals surface area (Å²) in [5, 5.41) is 12.9. The molecule has 5 nitrogen and oxygen atoms in total. The summed E-state index contributed by atoms with van der Waals surface area (Å²) in [7, 11) is 0. The lowest BCUT2D eigenvalue weighted by Crippen LogP contribution is -2.49. The fourth-order valence-electron chi connectivity index (χ4n) is 3.05.